The van der Waals surface area contributed by atoms with Gasteiger partial charge < -0.3 is 10.2 Å². The lowest BCUT2D eigenvalue weighted by Crippen LogP contribution is -2.17. The van der Waals surface area contributed by atoms with E-state index in [2.05, 4.69) is 59.5 Å². The number of anilines is 2. The maximum absolute atomic E-state index is 4.21. The van der Waals surface area contributed by atoms with Crippen LogP contribution >= 0.6 is 0 Å². The molecule has 0 saturated heterocycles. The molecule has 0 bridgehead atoms. The normalized spacial score (nSPS) is 10.3. The molecule has 1 aromatic carbocycles. The van der Waals surface area contributed by atoms with E-state index in [9.17, 15) is 0 Å². The lowest BCUT2D eigenvalue weighted by molar-refractivity contribution is 0.724. The average molecular weight is 241 g/mol. The van der Waals surface area contributed by atoms with Crippen LogP contribution < -0.4 is 10.2 Å². The Bertz CT molecular complexity index is 482. The van der Waals surface area contributed by atoms with E-state index in [1.807, 2.05) is 18.5 Å². The van der Waals surface area contributed by atoms with Gasteiger partial charge in [-0.1, -0.05) is 25.1 Å². The van der Waals surface area contributed by atoms with Crippen LogP contribution in [0, 0.1) is 0 Å². The first-order chi connectivity index (χ1) is 8.83. The Morgan fingerprint density at radius 2 is 1.94 bits per heavy atom. The van der Waals surface area contributed by atoms with Gasteiger partial charge in [-0.3, -0.25) is 4.98 Å². The van der Waals surface area contributed by atoms with Crippen LogP contribution in [0.4, 0.5) is 11.4 Å². The lowest BCUT2D eigenvalue weighted by Gasteiger charge is -2.22. The summed E-state index contributed by atoms with van der Waals surface area (Å²) >= 11 is 0. The van der Waals surface area contributed by atoms with Gasteiger partial charge in [-0.25, -0.2) is 0 Å². The van der Waals surface area contributed by atoms with E-state index in [0.29, 0.717) is 0 Å². The number of hydrogen-bond donors (Lipinski definition) is 1. The molecule has 0 aliphatic carbocycles. The number of nitrogens with zero attached hydrogens (tertiary/aromatic N) is 2. The maximum atomic E-state index is 4.21. The number of rotatable bonds is 5. The van der Waals surface area contributed by atoms with Crippen LogP contribution in [0.25, 0.3) is 0 Å². The van der Waals surface area contributed by atoms with Gasteiger partial charge in [0.25, 0.3) is 0 Å². The van der Waals surface area contributed by atoms with Crippen LogP contribution in [0.5, 0.6) is 0 Å². The largest absolute Gasteiger partial charge is 0.344 e. The average Bonchev–Trinajstić information content (AvgIpc) is 2.45. The first kappa shape index (κ1) is 12.6. The van der Waals surface area contributed by atoms with Crippen LogP contribution in [-0.2, 0) is 6.54 Å². The molecule has 3 heteroatoms. The monoisotopic (exact) mass is 241 g/mol. The zero-order chi connectivity index (χ0) is 12.8. The van der Waals surface area contributed by atoms with Crippen molar-refractivity contribution in [2.75, 3.05) is 18.5 Å². The molecule has 0 aliphatic heterocycles. The number of para-hydroxylation sites is 1. The van der Waals surface area contributed by atoms with Crippen molar-refractivity contribution in [2.45, 2.75) is 13.5 Å². The summed E-state index contributed by atoms with van der Waals surface area (Å²) in [5.41, 5.74) is 3.59. The highest BCUT2D eigenvalue weighted by Gasteiger charge is 2.08. The summed E-state index contributed by atoms with van der Waals surface area (Å²) in [6.45, 7) is 3.91. The second kappa shape index (κ2) is 6.17. The van der Waals surface area contributed by atoms with Crippen LogP contribution in [-0.4, -0.2) is 18.6 Å². The zero-order valence-corrected chi connectivity index (χ0v) is 10.9. The Morgan fingerprint density at radius 3 is 2.67 bits per heavy atom. The van der Waals surface area contributed by atoms with E-state index in [-0.39, 0.29) is 0 Å². The van der Waals surface area contributed by atoms with E-state index in [4.69, 9.17) is 0 Å². The van der Waals surface area contributed by atoms with Gasteiger partial charge in [-0.05, 0) is 24.7 Å². The van der Waals surface area contributed by atoms with Crippen LogP contribution in [0.2, 0.25) is 0 Å². The molecule has 3 nitrogen and oxygen atoms in total. The van der Waals surface area contributed by atoms with Crippen LogP contribution in [0.15, 0.2) is 48.8 Å². The van der Waals surface area contributed by atoms with Crippen molar-refractivity contribution < 1.29 is 0 Å². The third-order valence-corrected chi connectivity index (χ3v) is 2.95. The van der Waals surface area contributed by atoms with E-state index in [1.165, 1.54) is 16.9 Å². The Morgan fingerprint density at radius 1 is 1.17 bits per heavy atom. The molecule has 0 saturated carbocycles. The predicted octanol–water partition coefficient (Wildman–Crippen LogP) is 2.96. The van der Waals surface area contributed by atoms with Gasteiger partial charge in [0.1, 0.15) is 0 Å². The minimum atomic E-state index is 0.844. The summed E-state index contributed by atoms with van der Waals surface area (Å²) in [6, 6.07) is 12.4. The fraction of sp³-hybridized carbons (Fsp3) is 0.267. The van der Waals surface area contributed by atoms with Gasteiger partial charge >= 0.3 is 0 Å². The third kappa shape index (κ3) is 2.87. The molecule has 18 heavy (non-hydrogen) atoms. The maximum Gasteiger partial charge on any atom is 0.0484 e. The Labute approximate surface area is 108 Å². The first-order valence-electron chi connectivity index (χ1n) is 6.25. The van der Waals surface area contributed by atoms with Crippen molar-refractivity contribution >= 4 is 11.4 Å². The van der Waals surface area contributed by atoms with Crippen molar-refractivity contribution in [3.8, 4) is 0 Å². The molecule has 1 heterocycles. The SMILES string of the molecule is CCNCc1cnccc1N(C)c1ccccc1. The molecule has 0 aliphatic rings. The molecule has 2 aromatic rings. The van der Waals surface area contributed by atoms with Crippen molar-refractivity contribution in [1.29, 1.82) is 0 Å². The fourth-order valence-corrected chi connectivity index (χ4v) is 1.93. The molecule has 1 N–H and O–H groups in total. The van der Waals surface area contributed by atoms with Crippen molar-refractivity contribution in [3.63, 3.8) is 0 Å². The molecule has 0 amide bonds. The first-order valence-corrected chi connectivity index (χ1v) is 6.25. The van der Waals surface area contributed by atoms with Gasteiger partial charge in [0, 0.05) is 42.9 Å². The van der Waals surface area contributed by atoms with Gasteiger partial charge in [0.05, 0.1) is 0 Å². The van der Waals surface area contributed by atoms with Crippen LogP contribution in [0.1, 0.15) is 12.5 Å². The predicted molar refractivity (Wildman–Crippen MR) is 76.1 cm³/mol. The molecule has 94 valence electrons. The van der Waals surface area contributed by atoms with Crippen molar-refractivity contribution in [2.24, 2.45) is 0 Å². The molecular formula is C15H19N3. The summed E-state index contributed by atoms with van der Waals surface area (Å²) in [5, 5.41) is 3.34. The number of pyridine rings is 1. The number of benzene rings is 1. The zero-order valence-electron chi connectivity index (χ0n) is 10.9. The fourth-order valence-electron chi connectivity index (χ4n) is 1.93. The van der Waals surface area contributed by atoms with Crippen molar-refractivity contribution in [1.82, 2.24) is 10.3 Å². The highest BCUT2D eigenvalue weighted by atomic mass is 15.1. The standard InChI is InChI=1S/C15H19N3/c1-3-16-11-13-12-17-10-9-15(13)18(2)14-7-5-4-6-8-14/h4-10,12,16H,3,11H2,1-2H3. The van der Waals surface area contributed by atoms with Gasteiger partial charge in [0.2, 0.25) is 0 Å². The molecule has 0 fully saturated rings. The number of hydrogen-bond acceptors (Lipinski definition) is 3. The van der Waals surface area contributed by atoms with E-state index in [0.717, 1.165) is 13.1 Å². The van der Waals surface area contributed by atoms with Crippen LogP contribution in [0.3, 0.4) is 0 Å². The summed E-state index contributed by atoms with van der Waals surface area (Å²) < 4.78 is 0. The highest BCUT2D eigenvalue weighted by molar-refractivity contribution is 5.64. The topological polar surface area (TPSA) is 28.2 Å². The van der Waals surface area contributed by atoms with Gasteiger partial charge in [-0.2, -0.15) is 0 Å². The summed E-state index contributed by atoms with van der Waals surface area (Å²) in [6.07, 6.45) is 3.77. The van der Waals surface area contributed by atoms with E-state index in [1.54, 1.807) is 0 Å². The van der Waals surface area contributed by atoms with E-state index < -0.39 is 0 Å². The molecule has 0 atom stereocenters. The number of aromatic nitrogens is 1. The summed E-state index contributed by atoms with van der Waals surface area (Å²) in [4.78, 5) is 6.40. The minimum Gasteiger partial charge on any atom is -0.344 e. The minimum absolute atomic E-state index is 0.844. The smallest absolute Gasteiger partial charge is 0.0484 e. The lowest BCUT2D eigenvalue weighted by atomic mass is 10.2. The molecular weight excluding hydrogens is 222 g/mol. The Hall–Kier alpha value is -1.87. The summed E-state index contributed by atoms with van der Waals surface area (Å²) in [7, 11) is 2.08. The van der Waals surface area contributed by atoms with Gasteiger partial charge in [0.15, 0.2) is 0 Å². The van der Waals surface area contributed by atoms with E-state index >= 15 is 0 Å². The Balaban J connectivity index is 2.27. The molecule has 1 aromatic heterocycles. The highest BCUT2D eigenvalue weighted by Crippen LogP contribution is 2.25. The number of nitrogens with one attached hydrogen (secondary N) is 1. The third-order valence-electron chi connectivity index (χ3n) is 2.95. The second-order valence-corrected chi connectivity index (χ2v) is 4.18. The molecule has 0 radical (unpaired) electrons. The van der Waals surface area contributed by atoms with Crippen molar-refractivity contribution in [3.05, 3.63) is 54.4 Å². The second-order valence-electron chi connectivity index (χ2n) is 4.18. The Kier molecular flexibility index (Phi) is 4.31. The van der Waals surface area contributed by atoms with Gasteiger partial charge in [-0.15, -0.1) is 0 Å². The summed E-state index contributed by atoms with van der Waals surface area (Å²) in [5.74, 6) is 0. The molecule has 0 unspecified atom stereocenters. The molecule has 2 rings (SSSR count). The molecule has 0 spiro atoms. The quantitative estimate of drug-likeness (QED) is 0.872.